The van der Waals surface area contributed by atoms with Crippen molar-refractivity contribution in [1.82, 2.24) is 0 Å². The molecule has 0 spiro atoms. The molecular formula is C23H24O5S. The number of ether oxygens (including phenoxy) is 2. The molecule has 0 aromatic heterocycles. The number of fused-ring (bicyclic) bond motifs is 1. The number of para-hydroxylation sites is 1. The SMILES string of the molecule is O=C(O)COc1cccc2c(CCSCC(O)COc3ccccc3)cccc12. The second kappa shape index (κ2) is 10.7. The van der Waals surface area contributed by atoms with Crippen LogP contribution in [0.25, 0.3) is 10.8 Å². The molecule has 0 saturated carbocycles. The molecule has 0 heterocycles. The number of hydrogen-bond acceptors (Lipinski definition) is 5. The van der Waals surface area contributed by atoms with Gasteiger partial charge in [-0.25, -0.2) is 4.79 Å². The van der Waals surface area contributed by atoms with Gasteiger partial charge in [-0.15, -0.1) is 0 Å². The van der Waals surface area contributed by atoms with Crippen molar-refractivity contribution in [3.05, 3.63) is 72.3 Å². The summed E-state index contributed by atoms with van der Waals surface area (Å²) in [5.74, 6) is 1.80. The lowest BCUT2D eigenvalue weighted by Gasteiger charge is -2.13. The fourth-order valence-corrected chi connectivity index (χ4v) is 3.89. The molecule has 0 aliphatic rings. The van der Waals surface area contributed by atoms with E-state index in [-0.39, 0.29) is 13.2 Å². The lowest BCUT2D eigenvalue weighted by Crippen LogP contribution is -2.20. The largest absolute Gasteiger partial charge is 0.491 e. The number of thioether (sulfide) groups is 1. The molecule has 2 N–H and O–H groups in total. The van der Waals surface area contributed by atoms with Crippen LogP contribution in [0.3, 0.4) is 0 Å². The summed E-state index contributed by atoms with van der Waals surface area (Å²) < 4.78 is 11.0. The topological polar surface area (TPSA) is 76.0 Å². The van der Waals surface area contributed by atoms with E-state index in [1.165, 1.54) is 5.56 Å². The van der Waals surface area contributed by atoms with Crippen LogP contribution < -0.4 is 9.47 Å². The van der Waals surface area contributed by atoms with Crippen molar-refractivity contribution in [3.8, 4) is 11.5 Å². The Kier molecular flexibility index (Phi) is 7.78. The number of hydrogen-bond donors (Lipinski definition) is 2. The average molecular weight is 413 g/mol. The summed E-state index contributed by atoms with van der Waals surface area (Å²) in [4.78, 5) is 10.8. The van der Waals surface area contributed by atoms with Gasteiger partial charge in [0.25, 0.3) is 0 Å². The Labute approximate surface area is 174 Å². The van der Waals surface area contributed by atoms with Crippen LogP contribution in [-0.2, 0) is 11.2 Å². The molecule has 3 rings (SSSR count). The standard InChI is InChI=1S/C23H24O5S/c24-18(14-27-19-7-2-1-3-8-19)16-29-13-12-17-6-4-10-21-20(17)9-5-11-22(21)28-15-23(25)26/h1-11,18,24H,12-16H2,(H,25,26). The molecule has 3 aromatic carbocycles. The van der Waals surface area contributed by atoms with E-state index in [0.717, 1.165) is 28.7 Å². The van der Waals surface area contributed by atoms with Crippen LogP contribution in [0, 0.1) is 0 Å². The zero-order valence-electron chi connectivity index (χ0n) is 16.0. The zero-order chi connectivity index (χ0) is 20.5. The van der Waals surface area contributed by atoms with Gasteiger partial charge in [0.2, 0.25) is 0 Å². The van der Waals surface area contributed by atoms with Crippen molar-refractivity contribution >= 4 is 28.5 Å². The molecule has 0 aliphatic carbocycles. The van der Waals surface area contributed by atoms with Crippen molar-refractivity contribution in [2.24, 2.45) is 0 Å². The Morgan fingerprint density at radius 1 is 0.931 bits per heavy atom. The molecule has 1 atom stereocenters. The molecule has 0 fully saturated rings. The smallest absolute Gasteiger partial charge is 0.341 e. The number of aryl methyl sites for hydroxylation is 1. The summed E-state index contributed by atoms with van der Waals surface area (Å²) in [7, 11) is 0. The number of carboxylic acid groups (broad SMARTS) is 1. The molecule has 0 radical (unpaired) electrons. The molecule has 6 heteroatoms. The van der Waals surface area contributed by atoms with E-state index in [4.69, 9.17) is 14.6 Å². The third-order valence-electron chi connectivity index (χ3n) is 4.34. The van der Waals surface area contributed by atoms with Crippen LogP contribution in [0.15, 0.2) is 66.7 Å². The maximum Gasteiger partial charge on any atom is 0.341 e. The first kappa shape index (κ1) is 21.0. The summed E-state index contributed by atoms with van der Waals surface area (Å²) in [6.07, 6.45) is 0.320. The van der Waals surface area contributed by atoms with E-state index in [1.807, 2.05) is 54.6 Å². The van der Waals surface area contributed by atoms with Crippen molar-refractivity contribution in [2.45, 2.75) is 12.5 Å². The van der Waals surface area contributed by atoms with E-state index < -0.39 is 12.1 Å². The molecule has 0 amide bonds. The highest BCUT2D eigenvalue weighted by molar-refractivity contribution is 7.99. The van der Waals surface area contributed by atoms with Crippen molar-refractivity contribution in [2.75, 3.05) is 24.7 Å². The maximum absolute atomic E-state index is 10.8. The molecule has 0 bridgehead atoms. The number of benzene rings is 3. The first-order chi connectivity index (χ1) is 14.1. The third kappa shape index (κ3) is 6.41. The maximum atomic E-state index is 10.8. The Morgan fingerprint density at radius 3 is 2.48 bits per heavy atom. The van der Waals surface area contributed by atoms with Gasteiger partial charge in [-0.3, -0.25) is 0 Å². The van der Waals surface area contributed by atoms with Gasteiger partial charge in [0, 0.05) is 11.1 Å². The number of aliphatic hydroxyl groups is 1. The monoisotopic (exact) mass is 412 g/mol. The first-order valence-corrected chi connectivity index (χ1v) is 10.6. The molecular weight excluding hydrogens is 388 g/mol. The Balaban J connectivity index is 1.50. The highest BCUT2D eigenvalue weighted by Gasteiger charge is 2.09. The highest BCUT2D eigenvalue weighted by atomic mass is 32.2. The van der Waals surface area contributed by atoms with Gasteiger partial charge in [0.15, 0.2) is 6.61 Å². The van der Waals surface area contributed by atoms with Crippen LogP contribution in [0.2, 0.25) is 0 Å². The van der Waals surface area contributed by atoms with Gasteiger partial charge in [-0.1, -0.05) is 48.5 Å². The van der Waals surface area contributed by atoms with Crippen molar-refractivity contribution < 1.29 is 24.5 Å². The Hall–Kier alpha value is -2.70. The number of aliphatic hydroxyl groups excluding tert-OH is 1. The molecule has 3 aromatic rings. The van der Waals surface area contributed by atoms with E-state index >= 15 is 0 Å². The van der Waals surface area contributed by atoms with E-state index in [2.05, 4.69) is 6.07 Å². The lowest BCUT2D eigenvalue weighted by atomic mass is 10.0. The lowest BCUT2D eigenvalue weighted by molar-refractivity contribution is -0.139. The fraction of sp³-hybridized carbons (Fsp3) is 0.261. The normalized spacial score (nSPS) is 11.9. The van der Waals surface area contributed by atoms with Crippen LogP contribution in [-0.4, -0.2) is 47.0 Å². The molecule has 1 unspecified atom stereocenters. The molecule has 29 heavy (non-hydrogen) atoms. The van der Waals surface area contributed by atoms with Gasteiger partial charge in [0.05, 0.1) is 6.10 Å². The number of rotatable bonds is 11. The number of carbonyl (C=O) groups is 1. The van der Waals surface area contributed by atoms with Crippen LogP contribution >= 0.6 is 11.8 Å². The van der Waals surface area contributed by atoms with Gasteiger partial charge >= 0.3 is 5.97 Å². The van der Waals surface area contributed by atoms with Crippen LogP contribution in [0.4, 0.5) is 0 Å². The van der Waals surface area contributed by atoms with Gasteiger partial charge < -0.3 is 19.7 Å². The minimum Gasteiger partial charge on any atom is -0.491 e. The predicted molar refractivity (Wildman–Crippen MR) is 116 cm³/mol. The molecule has 0 saturated heterocycles. The molecule has 0 aliphatic heterocycles. The predicted octanol–water partition coefficient (Wildman–Crippen LogP) is 4.02. The van der Waals surface area contributed by atoms with E-state index in [9.17, 15) is 9.90 Å². The number of aliphatic carboxylic acids is 1. The summed E-state index contributed by atoms with van der Waals surface area (Å²) in [6.45, 7) is -0.0856. The first-order valence-electron chi connectivity index (χ1n) is 9.42. The summed E-state index contributed by atoms with van der Waals surface area (Å²) >= 11 is 1.68. The van der Waals surface area contributed by atoms with Gasteiger partial charge in [-0.2, -0.15) is 11.8 Å². The summed E-state index contributed by atoms with van der Waals surface area (Å²) in [6, 6.07) is 21.1. The van der Waals surface area contributed by atoms with Gasteiger partial charge in [0.1, 0.15) is 18.1 Å². The van der Waals surface area contributed by atoms with Gasteiger partial charge in [-0.05, 0) is 41.3 Å². The minimum atomic E-state index is -0.996. The van der Waals surface area contributed by atoms with Crippen LogP contribution in [0.1, 0.15) is 5.56 Å². The third-order valence-corrected chi connectivity index (χ3v) is 5.45. The van der Waals surface area contributed by atoms with Crippen molar-refractivity contribution in [1.29, 1.82) is 0 Å². The second-order valence-electron chi connectivity index (χ2n) is 6.55. The quantitative estimate of drug-likeness (QED) is 0.463. The average Bonchev–Trinajstić information content (AvgIpc) is 2.74. The van der Waals surface area contributed by atoms with Crippen molar-refractivity contribution in [3.63, 3.8) is 0 Å². The fourth-order valence-electron chi connectivity index (χ4n) is 2.99. The van der Waals surface area contributed by atoms with E-state index in [1.54, 1.807) is 17.8 Å². The zero-order valence-corrected chi connectivity index (χ0v) is 16.8. The summed E-state index contributed by atoms with van der Waals surface area (Å²) in [5, 5.41) is 20.9. The van der Waals surface area contributed by atoms with Crippen LogP contribution in [0.5, 0.6) is 11.5 Å². The molecule has 5 nitrogen and oxygen atoms in total. The Morgan fingerprint density at radius 2 is 1.69 bits per heavy atom. The van der Waals surface area contributed by atoms with E-state index in [0.29, 0.717) is 11.5 Å². The summed E-state index contributed by atoms with van der Waals surface area (Å²) in [5.41, 5.74) is 1.17. The molecule has 152 valence electrons. The second-order valence-corrected chi connectivity index (χ2v) is 7.70. The minimum absolute atomic E-state index is 0.273. The number of carboxylic acids is 1. The highest BCUT2D eigenvalue weighted by Crippen LogP contribution is 2.28. The Bertz CT molecular complexity index is 929.